The van der Waals surface area contributed by atoms with Gasteiger partial charge in [0.25, 0.3) is 0 Å². The first-order valence-corrected chi connectivity index (χ1v) is 10.4. The molecule has 0 fully saturated rings. The molecule has 0 spiro atoms. The van der Waals surface area contributed by atoms with E-state index in [0.717, 1.165) is 11.1 Å². The Kier molecular flexibility index (Phi) is 7.79. The molecule has 3 rings (SSSR count). The largest absolute Gasteiger partial charge is 0.357 e. The van der Waals surface area contributed by atoms with Crippen molar-refractivity contribution < 1.29 is 14.0 Å². The number of halogens is 2. The van der Waals surface area contributed by atoms with E-state index in [4.69, 9.17) is 11.6 Å². The number of amides is 2. The summed E-state index contributed by atoms with van der Waals surface area (Å²) in [6, 6.07) is 21.9. The lowest BCUT2D eigenvalue weighted by Gasteiger charge is -2.31. The van der Waals surface area contributed by atoms with Gasteiger partial charge in [-0.2, -0.15) is 0 Å². The van der Waals surface area contributed by atoms with Gasteiger partial charge in [-0.15, -0.1) is 0 Å². The van der Waals surface area contributed by atoms with Gasteiger partial charge in [0.15, 0.2) is 0 Å². The van der Waals surface area contributed by atoms with Gasteiger partial charge >= 0.3 is 0 Å². The summed E-state index contributed by atoms with van der Waals surface area (Å²) < 4.78 is 13.3. The molecule has 4 nitrogen and oxygen atoms in total. The van der Waals surface area contributed by atoms with Crippen LogP contribution in [-0.4, -0.2) is 29.8 Å². The Bertz CT molecular complexity index is 1030. The summed E-state index contributed by atoms with van der Waals surface area (Å²) >= 11 is 6.13. The SMILES string of the molecule is CNC(=O)[C@H](Cc1ccccc1)N(Cc1cccc(Cl)c1)C(=O)Cc1ccc(F)cc1. The van der Waals surface area contributed by atoms with E-state index in [2.05, 4.69) is 5.32 Å². The summed E-state index contributed by atoms with van der Waals surface area (Å²) in [6.07, 6.45) is 0.430. The zero-order chi connectivity index (χ0) is 22.2. The highest BCUT2D eigenvalue weighted by atomic mass is 35.5. The molecule has 0 radical (unpaired) electrons. The zero-order valence-corrected chi connectivity index (χ0v) is 18.0. The van der Waals surface area contributed by atoms with Crippen LogP contribution in [0.4, 0.5) is 4.39 Å². The minimum atomic E-state index is -0.709. The van der Waals surface area contributed by atoms with Crippen LogP contribution in [0.5, 0.6) is 0 Å². The number of nitrogens with zero attached hydrogens (tertiary/aromatic N) is 1. The van der Waals surface area contributed by atoms with Crippen LogP contribution in [-0.2, 0) is 29.0 Å². The maximum Gasteiger partial charge on any atom is 0.242 e. The second-order valence-corrected chi connectivity index (χ2v) is 7.71. The molecule has 0 heterocycles. The van der Waals surface area contributed by atoms with Crippen molar-refractivity contribution >= 4 is 23.4 Å². The maximum absolute atomic E-state index is 13.4. The predicted molar refractivity (Wildman–Crippen MR) is 120 cm³/mol. The van der Waals surface area contributed by atoms with E-state index < -0.39 is 6.04 Å². The molecule has 0 aliphatic rings. The van der Waals surface area contributed by atoms with Gasteiger partial charge in [-0.25, -0.2) is 4.39 Å². The fourth-order valence-electron chi connectivity index (χ4n) is 3.43. The van der Waals surface area contributed by atoms with Crippen LogP contribution >= 0.6 is 11.6 Å². The first kappa shape index (κ1) is 22.5. The van der Waals surface area contributed by atoms with Gasteiger partial charge in [-0.3, -0.25) is 9.59 Å². The summed E-state index contributed by atoms with van der Waals surface area (Å²) in [7, 11) is 1.56. The second-order valence-electron chi connectivity index (χ2n) is 7.27. The number of hydrogen-bond acceptors (Lipinski definition) is 2. The van der Waals surface area contributed by atoms with Crippen LogP contribution in [0.3, 0.4) is 0 Å². The zero-order valence-electron chi connectivity index (χ0n) is 17.2. The third-order valence-electron chi connectivity index (χ3n) is 5.03. The van der Waals surface area contributed by atoms with Crippen LogP contribution in [0.1, 0.15) is 16.7 Å². The fraction of sp³-hybridized carbons (Fsp3) is 0.200. The van der Waals surface area contributed by atoms with Gasteiger partial charge in [0, 0.05) is 25.0 Å². The fourth-order valence-corrected chi connectivity index (χ4v) is 3.64. The highest BCUT2D eigenvalue weighted by molar-refractivity contribution is 6.30. The van der Waals surface area contributed by atoms with E-state index in [1.807, 2.05) is 42.5 Å². The molecule has 0 aliphatic heterocycles. The average Bonchev–Trinajstić information content (AvgIpc) is 2.78. The van der Waals surface area contributed by atoms with Crippen molar-refractivity contribution in [3.63, 3.8) is 0 Å². The number of likely N-dealkylation sites (N-methyl/N-ethyl adjacent to an activating group) is 1. The van der Waals surface area contributed by atoms with Crippen LogP contribution in [0, 0.1) is 5.82 Å². The molecule has 1 atom stereocenters. The highest BCUT2D eigenvalue weighted by Gasteiger charge is 2.29. The molecule has 6 heteroatoms. The van der Waals surface area contributed by atoms with Crippen molar-refractivity contribution in [2.24, 2.45) is 0 Å². The summed E-state index contributed by atoms with van der Waals surface area (Å²) in [4.78, 5) is 27.8. The van der Waals surface area contributed by atoms with Gasteiger partial charge in [-0.05, 0) is 41.0 Å². The molecule has 0 unspecified atom stereocenters. The number of benzene rings is 3. The monoisotopic (exact) mass is 438 g/mol. The molecule has 0 saturated heterocycles. The standard InChI is InChI=1S/C25H24ClFN2O2/c1-28-25(31)23(15-18-6-3-2-4-7-18)29(17-20-8-5-9-21(26)14-20)24(30)16-19-10-12-22(27)13-11-19/h2-14,23H,15-17H2,1H3,(H,28,31)/t23-/m0/s1. The minimum absolute atomic E-state index is 0.0587. The summed E-state index contributed by atoms with van der Waals surface area (Å²) in [5, 5.41) is 3.24. The van der Waals surface area contributed by atoms with E-state index in [1.165, 1.54) is 12.1 Å². The third-order valence-corrected chi connectivity index (χ3v) is 5.26. The Labute approximate surface area is 186 Å². The molecule has 31 heavy (non-hydrogen) atoms. The summed E-state index contributed by atoms with van der Waals surface area (Å²) in [5.74, 6) is -0.839. The van der Waals surface area contributed by atoms with Crippen molar-refractivity contribution in [2.45, 2.75) is 25.4 Å². The first-order valence-electron chi connectivity index (χ1n) is 10.00. The summed E-state index contributed by atoms with van der Waals surface area (Å²) in [5.41, 5.74) is 2.45. The van der Waals surface area contributed by atoms with Crippen molar-refractivity contribution in [2.75, 3.05) is 7.05 Å². The number of nitrogens with one attached hydrogen (secondary N) is 1. The van der Waals surface area contributed by atoms with Crippen molar-refractivity contribution in [1.29, 1.82) is 0 Å². The van der Waals surface area contributed by atoms with Gasteiger partial charge in [0.1, 0.15) is 11.9 Å². The number of rotatable bonds is 8. The first-order chi connectivity index (χ1) is 15.0. The second kappa shape index (κ2) is 10.7. The van der Waals surface area contributed by atoms with Crippen LogP contribution < -0.4 is 5.32 Å². The van der Waals surface area contributed by atoms with Crippen molar-refractivity contribution in [3.8, 4) is 0 Å². The lowest BCUT2D eigenvalue weighted by atomic mass is 10.0. The molecule has 0 aromatic heterocycles. The Morgan fingerprint density at radius 2 is 1.61 bits per heavy atom. The van der Waals surface area contributed by atoms with E-state index in [-0.39, 0.29) is 30.6 Å². The minimum Gasteiger partial charge on any atom is -0.357 e. The Morgan fingerprint density at radius 1 is 0.935 bits per heavy atom. The Hall–Kier alpha value is -3.18. The lowest BCUT2D eigenvalue weighted by Crippen LogP contribution is -2.50. The molecule has 0 bridgehead atoms. The molecule has 0 aliphatic carbocycles. The van der Waals surface area contributed by atoms with E-state index in [0.29, 0.717) is 17.0 Å². The quantitative estimate of drug-likeness (QED) is 0.566. The van der Waals surface area contributed by atoms with E-state index in [9.17, 15) is 14.0 Å². The Morgan fingerprint density at radius 3 is 2.26 bits per heavy atom. The third kappa shape index (κ3) is 6.40. The smallest absolute Gasteiger partial charge is 0.242 e. The molecular formula is C25H24ClFN2O2. The number of carbonyl (C=O) groups is 2. The Balaban J connectivity index is 1.93. The molecule has 1 N–H and O–H groups in total. The van der Waals surface area contributed by atoms with Crippen LogP contribution in [0.25, 0.3) is 0 Å². The van der Waals surface area contributed by atoms with Gasteiger partial charge < -0.3 is 10.2 Å². The molecule has 160 valence electrons. The van der Waals surface area contributed by atoms with Gasteiger partial charge in [-0.1, -0.05) is 66.2 Å². The van der Waals surface area contributed by atoms with Gasteiger partial charge in [0.05, 0.1) is 6.42 Å². The topological polar surface area (TPSA) is 49.4 Å². The van der Waals surface area contributed by atoms with Crippen molar-refractivity contribution in [3.05, 3.63) is 106 Å². The van der Waals surface area contributed by atoms with Gasteiger partial charge in [0.2, 0.25) is 11.8 Å². The number of hydrogen-bond donors (Lipinski definition) is 1. The van der Waals surface area contributed by atoms with E-state index in [1.54, 1.807) is 36.2 Å². The van der Waals surface area contributed by atoms with Crippen molar-refractivity contribution in [1.82, 2.24) is 10.2 Å². The van der Waals surface area contributed by atoms with Crippen LogP contribution in [0.15, 0.2) is 78.9 Å². The molecule has 3 aromatic carbocycles. The molecular weight excluding hydrogens is 415 g/mol. The molecule has 3 aromatic rings. The normalized spacial score (nSPS) is 11.6. The predicted octanol–water partition coefficient (Wildman–Crippen LogP) is 4.41. The highest BCUT2D eigenvalue weighted by Crippen LogP contribution is 2.18. The average molecular weight is 439 g/mol. The molecule has 2 amide bonds. The lowest BCUT2D eigenvalue weighted by molar-refractivity contribution is -0.140. The summed E-state index contributed by atoms with van der Waals surface area (Å²) in [6.45, 7) is 0.228. The number of carbonyl (C=O) groups excluding carboxylic acids is 2. The maximum atomic E-state index is 13.4. The van der Waals surface area contributed by atoms with E-state index >= 15 is 0 Å². The van der Waals surface area contributed by atoms with Crippen LogP contribution in [0.2, 0.25) is 5.02 Å². The molecule has 0 saturated carbocycles.